The zero-order valence-electron chi connectivity index (χ0n) is 10.9. The highest BCUT2D eigenvalue weighted by atomic mass is 79.9. The van der Waals surface area contributed by atoms with Crippen molar-refractivity contribution in [1.82, 2.24) is 14.8 Å². The first-order chi connectivity index (χ1) is 9.34. The molecule has 0 bridgehead atoms. The Balaban J connectivity index is 0.00000147. The summed E-state index contributed by atoms with van der Waals surface area (Å²) in [7, 11) is 0. The molecule has 1 aliphatic heterocycles. The Labute approximate surface area is 136 Å². The van der Waals surface area contributed by atoms with Gasteiger partial charge < -0.3 is 4.57 Å². The summed E-state index contributed by atoms with van der Waals surface area (Å²) in [6, 6.07) is 3.78. The third-order valence-electron chi connectivity index (χ3n) is 3.20. The van der Waals surface area contributed by atoms with E-state index in [4.69, 9.17) is 0 Å². The highest BCUT2D eigenvalue weighted by Gasteiger charge is 2.16. The van der Waals surface area contributed by atoms with Crippen molar-refractivity contribution in [1.29, 1.82) is 0 Å². The fourth-order valence-corrected chi connectivity index (χ4v) is 3.83. The Kier molecular flexibility index (Phi) is 5.80. The maximum Gasteiger partial charge on any atom is 0.191 e. The lowest BCUT2D eigenvalue weighted by atomic mass is 10.2. The van der Waals surface area contributed by atoms with E-state index in [1.54, 1.807) is 0 Å². The minimum absolute atomic E-state index is 0. The lowest BCUT2D eigenvalue weighted by Crippen LogP contribution is -2.05. The quantitative estimate of drug-likeness (QED) is 0.606. The number of halogens is 1. The van der Waals surface area contributed by atoms with Crippen LogP contribution >= 0.6 is 40.1 Å². The number of rotatable bonds is 4. The molecule has 0 radical (unpaired) electrons. The van der Waals surface area contributed by atoms with Gasteiger partial charge in [0.15, 0.2) is 10.9 Å². The normalized spacial score (nSPS) is 14.2. The minimum atomic E-state index is 0. The third kappa shape index (κ3) is 3.51. The molecule has 3 heterocycles. The monoisotopic (exact) mass is 373 g/mol. The molecule has 2 aromatic rings. The molecular formula is C13H16BrN3OS2. The largest absolute Gasteiger partial charge is 0.306 e. The van der Waals surface area contributed by atoms with Crippen LogP contribution in [0, 0.1) is 0 Å². The first-order valence-corrected chi connectivity index (χ1v) is 8.33. The molecule has 0 saturated heterocycles. The second-order valence-corrected chi connectivity index (χ2v) is 6.44. The molecule has 3 rings (SSSR count). The number of ketones is 1. The van der Waals surface area contributed by atoms with Crippen LogP contribution in [0.4, 0.5) is 0 Å². The van der Waals surface area contributed by atoms with E-state index in [2.05, 4.69) is 14.8 Å². The number of carbonyl (C=O) groups excluding carboxylic acids is 1. The molecule has 0 saturated carbocycles. The molecule has 2 aromatic heterocycles. The molecule has 0 unspecified atom stereocenters. The van der Waals surface area contributed by atoms with Crippen LogP contribution in [0.1, 0.15) is 34.8 Å². The summed E-state index contributed by atoms with van der Waals surface area (Å²) >= 11 is 3.00. The van der Waals surface area contributed by atoms with Crippen molar-refractivity contribution in [3.8, 4) is 0 Å². The van der Waals surface area contributed by atoms with E-state index in [0.717, 1.165) is 28.8 Å². The van der Waals surface area contributed by atoms with Crippen LogP contribution in [-0.2, 0) is 13.0 Å². The average Bonchev–Trinajstić information content (AvgIpc) is 3.02. The molecule has 7 heteroatoms. The van der Waals surface area contributed by atoms with Crippen LogP contribution in [0.15, 0.2) is 22.7 Å². The zero-order chi connectivity index (χ0) is 13.1. The molecule has 20 heavy (non-hydrogen) atoms. The standard InChI is InChI=1S/C13H15N3OS2.BrH/c17-10(11-5-4-8-18-11)9-19-13-15-14-12-6-2-1-3-7-16(12)13;/h4-5,8H,1-3,6-7,9H2;1H. The molecule has 4 nitrogen and oxygen atoms in total. The number of thiophene rings is 1. The molecular weight excluding hydrogens is 358 g/mol. The van der Waals surface area contributed by atoms with Crippen molar-refractivity contribution in [2.45, 2.75) is 37.4 Å². The fraction of sp³-hybridized carbons (Fsp3) is 0.462. The number of hydrogen-bond donors (Lipinski definition) is 0. The Morgan fingerprint density at radius 2 is 2.25 bits per heavy atom. The van der Waals surface area contributed by atoms with E-state index in [1.807, 2.05) is 17.5 Å². The number of aromatic nitrogens is 3. The van der Waals surface area contributed by atoms with Gasteiger partial charge in [-0.15, -0.1) is 38.5 Å². The second kappa shape index (κ2) is 7.38. The van der Waals surface area contributed by atoms with Gasteiger partial charge in [-0.2, -0.15) is 0 Å². The number of aryl methyl sites for hydroxylation is 1. The molecule has 0 aliphatic carbocycles. The predicted molar refractivity (Wildman–Crippen MR) is 87.3 cm³/mol. The van der Waals surface area contributed by atoms with Gasteiger partial charge in [0.25, 0.3) is 0 Å². The van der Waals surface area contributed by atoms with Crippen molar-refractivity contribution >= 4 is 45.9 Å². The van der Waals surface area contributed by atoms with Gasteiger partial charge in [0.1, 0.15) is 5.82 Å². The maximum atomic E-state index is 12.0. The summed E-state index contributed by atoms with van der Waals surface area (Å²) in [4.78, 5) is 12.8. The summed E-state index contributed by atoms with van der Waals surface area (Å²) in [5.74, 6) is 1.69. The van der Waals surface area contributed by atoms with Crippen LogP contribution < -0.4 is 0 Å². The van der Waals surface area contributed by atoms with Crippen LogP contribution in [0.2, 0.25) is 0 Å². The summed E-state index contributed by atoms with van der Waals surface area (Å²) in [6.45, 7) is 0.984. The summed E-state index contributed by atoms with van der Waals surface area (Å²) < 4.78 is 2.18. The average molecular weight is 374 g/mol. The predicted octanol–water partition coefficient (Wildman–Crippen LogP) is 3.62. The lowest BCUT2D eigenvalue weighted by molar-refractivity contribution is 0.102. The smallest absolute Gasteiger partial charge is 0.191 e. The zero-order valence-corrected chi connectivity index (χ0v) is 14.3. The van der Waals surface area contributed by atoms with E-state index in [1.165, 1.54) is 42.4 Å². The number of thioether (sulfide) groups is 1. The van der Waals surface area contributed by atoms with Crippen molar-refractivity contribution in [2.75, 3.05) is 5.75 Å². The van der Waals surface area contributed by atoms with Crippen LogP contribution in [0.5, 0.6) is 0 Å². The third-order valence-corrected chi connectivity index (χ3v) is 5.08. The summed E-state index contributed by atoms with van der Waals surface area (Å²) in [6.07, 6.45) is 4.63. The molecule has 0 aromatic carbocycles. The van der Waals surface area contributed by atoms with Gasteiger partial charge in [0, 0.05) is 13.0 Å². The first-order valence-electron chi connectivity index (χ1n) is 6.46. The van der Waals surface area contributed by atoms with Crippen molar-refractivity contribution in [3.63, 3.8) is 0 Å². The Hall–Kier alpha value is -0.660. The maximum absolute atomic E-state index is 12.0. The van der Waals surface area contributed by atoms with E-state index in [-0.39, 0.29) is 22.8 Å². The van der Waals surface area contributed by atoms with Gasteiger partial charge in [-0.05, 0) is 24.3 Å². The first kappa shape index (κ1) is 15.7. The number of hydrogen-bond acceptors (Lipinski definition) is 5. The Morgan fingerprint density at radius 1 is 1.35 bits per heavy atom. The van der Waals surface area contributed by atoms with Gasteiger partial charge in [-0.25, -0.2) is 0 Å². The molecule has 1 aliphatic rings. The Morgan fingerprint density at radius 3 is 3.05 bits per heavy atom. The molecule has 0 amide bonds. The van der Waals surface area contributed by atoms with E-state index in [0.29, 0.717) is 5.75 Å². The van der Waals surface area contributed by atoms with E-state index < -0.39 is 0 Å². The molecule has 0 fully saturated rings. The van der Waals surface area contributed by atoms with Crippen molar-refractivity contribution < 1.29 is 4.79 Å². The highest BCUT2D eigenvalue weighted by Crippen LogP contribution is 2.23. The van der Waals surface area contributed by atoms with Gasteiger partial charge in [-0.3, -0.25) is 4.79 Å². The topological polar surface area (TPSA) is 47.8 Å². The summed E-state index contributed by atoms with van der Waals surface area (Å²) in [5, 5.41) is 11.3. The summed E-state index contributed by atoms with van der Waals surface area (Å²) in [5.41, 5.74) is 0. The van der Waals surface area contributed by atoms with E-state index in [9.17, 15) is 4.79 Å². The molecule has 108 valence electrons. The fourth-order valence-electron chi connectivity index (χ4n) is 2.20. The Bertz CT molecular complexity index is 568. The van der Waals surface area contributed by atoms with Crippen molar-refractivity contribution in [2.24, 2.45) is 0 Å². The molecule has 0 atom stereocenters. The molecule has 0 spiro atoms. The molecule has 0 N–H and O–H groups in total. The highest BCUT2D eigenvalue weighted by molar-refractivity contribution is 8.93. The van der Waals surface area contributed by atoms with Crippen molar-refractivity contribution in [3.05, 3.63) is 28.2 Å². The second-order valence-electron chi connectivity index (χ2n) is 4.55. The number of fused-ring (bicyclic) bond motifs is 1. The number of nitrogens with zero attached hydrogens (tertiary/aromatic N) is 3. The van der Waals surface area contributed by atoms with Crippen LogP contribution in [0.3, 0.4) is 0 Å². The number of Topliss-reactive ketones (excluding diaryl/α,β-unsaturated/α-hetero) is 1. The van der Waals surface area contributed by atoms with Gasteiger partial charge in [-0.1, -0.05) is 24.2 Å². The van der Waals surface area contributed by atoms with Gasteiger partial charge >= 0.3 is 0 Å². The lowest BCUT2D eigenvalue weighted by Gasteiger charge is -2.05. The minimum Gasteiger partial charge on any atom is -0.306 e. The van der Waals surface area contributed by atoms with Gasteiger partial charge in [0.2, 0.25) is 0 Å². The number of carbonyl (C=O) groups is 1. The van der Waals surface area contributed by atoms with Gasteiger partial charge in [0.05, 0.1) is 10.6 Å². The SMILES string of the molecule is Br.O=C(CSc1nnc2n1CCCCC2)c1cccs1. The van der Waals surface area contributed by atoms with Crippen LogP contribution in [0.25, 0.3) is 0 Å². The van der Waals surface area contributed by atoms with E-state index >= 15 is 0 Å². The van der Waals surface area contributed by atoms with Crippen LogP contribution in [-0.4, -0.2) is 26.3 Å².